The third-order valence-corrected chi connectivity index (χ3v) is 2.67. The van der Waals surface area contributed by atoms with Crippen molar-refractivity contribution in [3.63, 3.8) is 0 Å². The largest absolute Gasteiger partial charge is 0.476 e. The first-order valence-electron chi connectivity index (χ1n) is 6.18. The Morgan fingerprint density at radius 1 is 1.53 bits per heavy atom. The van der Waals surface area contributed by atoms with Gasteiger partial charge in [-0.05, 0) is 19.9 Å². The first-order chi connectivity index (χ1) is 9.02. The van der Waals surface area contributed by atoms with Gasteiger partial charge >= 0.3 is 5.97 Å². The molecule has 0 bridgehead atoms. The van der Waals surface area contributed by atoms with Crippen LogP contribution < -0.4 is 11.1 Å². The number of aromatic carboxylic acids is 1. The highest BCUT2D eigenvalue weighted by Crippen LogP contribution is 2.13. The van der Waals surface area contributed by atoms with E-state index in [4.69, 9.17) is 10.8 Å². The fourth-order valence-electron chi connectivity index (χ4n) is 1.67. The molecule has 1 heterocycles. The van der Waals surface area contributed by atoms with Crippen LogP contribution >= 0.6 is 0 Å². The molecule has 19 heavy (non-hydrogen) atoms. The van der Waals surface area contributed by atoms with Gasteiger partial charge in [0, 0.05) is 13.0 Å². The van der Waals surface area contributed by atoms with Gasteiger partial charge in [-0.3, -0.25) is 4.79 Å². The first-order valence-corrected chi connectivity index (χ1v) is 6.18. The first kappa shape index (κ1) is 15.1. The number of hydrogen-bond donors (Lipinski definition) is 3. The number of carboxylic acids is 1. The lowest BCUT2D eigenvalue weighted by atomic mass is 10.2. The van der Waals surface area contributed by atoms with Crippen LogP contribution in [0.3, 0.4) is 0 Å². The molecule has 0 radical (unpaired) electrons. The number of nitrogens with one attached hydrogen (secondary N) is 1. The zero-order valence-corrected chi connectivity index (χ0v) is 11.1. The highest BCUT2D eigenvalue weighted by molar-refractivity contribution is 5.87. The highest BCUT2D eigenvalue weighted by atomic mass is 16.4. The summed E-state index contributed by atoms with van der Waals surface area (Å²) >= 11 is 0. The maximum Gasteiger partial charge on any atom is 0.358 e. The molecule has 0 aliphatic heterocycles. The SMILES string of the molecule is CCCNC(=O)C(C)n1nnc(C(=O)O)c1CCN. The van der Waals surface area contributed by atoms with Gasteiger partial charge in [-0.1, -0.05) is 12.1 Å². The fourth-order valence-corrected chi connectivity index (χ4v) is 1.67. The molecule has 0 saturated carbocycles. The molecule has 0 saturated heterocycles. The Morgan fingerprint density at radius 3 is 2.74 bits per heavy atom. The van der Waals surface area contributed by atoms with E-state index in [1.165, 1.54) is 4.68 Å². The van der Waals surface area contributed by atoms with E-state index < -0.39 is 12.0 Å². The number of amides is 1. The molecule has 0 spiro atoms. The van der Waals surface area contributed by atoms with Crippen molar-refractivity contribution in [1.82, 2.24) is 20.3 Å². The van der Waals surface area contributed by atoms with E-state index in [2.05, 4.69) is 15.6 Å². The molecule has 1 aromatic rings. The molecule has 4 N–H and O–H groups in total. The lowest BCUT2D eigenvalue weighted by Gasteiger charge is -2.14. The van der Waals surface area contributed by atoms with Gasteiger partial charge in [-0.2, -0.15) is 0 Å². The second kappa shape index (κ2) is 6.83. The molecule has 1 atom stereocenters. The topological polar surface area (TPSA) is 123 Å². The normalized spacial score (nSPS) is 12.2. The van der Waals surface area contributed by atoms with E-state index in [1.54, 1.807) is 6.92 Å². The summed E-state index contributed by atoms with van der Waals surface area (Å²) in [7, 11) is 0. The van der Waals surface area contributed by atoms with Gasteiger partial charge in [0.1, 0.15) is 6.04 Å². The second-order valence-electron chi connectivity index (χ2n) is 4.14. The van der Waals surface area contributed by atoms with Crippen molar-refractivity contribution >= 4 is 11.9 Å². The minimum absolute atomic E-state index is 0.152. The molecule has 106 valence electrons. The Morgan fingerprint density at radius 2 is 2.21 bits per heavy atom. The van der Waals surface area contributed by atoms with E-state index in [-0.39, 0.29) is 18.1 Å². The molecule has 1 rings (SSSR count). The van der Waals surface area contributed by atoms with Crippen molar-refractivity contribution in [2.75, 3.05) is 13.1 Å². The van der Waals surface area contributed by atoms with Crippen LogP contribution in [0.1, 0.15) is 42.5 Å². The van der Waals surface area contributed by atoms with Crippen molar-refractivity contribution < 1.29 is 14.7 Å². The van der Waals surface area contributed by atoms with Crippen molar-refractivity contribution in [2.24, 2.45) is 5.73 Å². The van der Waals surface area contributed by atoms with E-state index in [9.17, 15) is 9.59 Å². The Kier molecular flexibility index (Phi) is 5.43. The number of carboxylic acid groups (broad SMARTS) is 1. The molecule has 0 fully saturated rings. The Hall–Kier alpha value is -1.96. The van der Waals surface area contributed by atoms with Crippen LogP contribution in [0.4, 0.5) is 0 Å². The molecular formula is C11H19N5O3. The minimum Gasteiger partial charge on any atom is -0.476 e. The van der Waals surface area contributed by atoms with Crippen molar-refractivity contribution in [2.45, 2.75) is 32.7 Å². The van der Waals surface area contributed by atoms with Crippen LogP contribution in [0.15, 0.2) is 0 Å². The Labute approximate surface area is 111 Å². The number of hydrogen-bond acceptors (Lipinski definition) is 5. The van der Waals surface area contributed by atoms with Crippen molar-refractivity contribution in [1.29, 1.82) is 0 Å². The Balaban J connectivity index is 2.98. The predicted octanol–water partition coefficient (Wildman–Crippen LogP) is -0.435. The minimum atomic E-state index is -1.17. The average Bonchev–Trinajstić information content (AvgIpc) is 2.79. The molecule has 8 nitrogen and oxygen atoms in total. The molecule has 1 amide bonds. The van der Waals surface area contributed by atoms with Gasteiger partial charge in [-0.25, -0.2) is 9.48 Å². The summed E-state index contributed by atoms with van der Waals surface area (Å²) < 4.78 is 1.32. The highest BCUT2D eigenvalue weighted by Gasteiger charge is 2.24. The summed E-state index contributed by atoms with van der Waals surface area (Å²) in [5, 5.41) is 19.1. The van der Waals surface area contributed by atoms with Crippen LogP contribution in [0, 0.1) is 0 Å². The van der Waals surface area contributed by atoms with E-state index in [0.29, 0.717) is 18.7 Å². The standard InChI is InChI=1S/C11H19N5O3/c1-3-6-13-10(17)7(2)16-8(4-5-12)9(11(18)19)14-15-16/h7H,3-6,12H2,1-2H3,(H,13,17)(H,18,19). The van der Waals surface area contributed by atoms with E-state index >= 15 is 0 Å². The third-order valence-electron chi connectivity index (χ3n) is 2.67. The lowest BCUT2D eigenvalue weighted by Crippen LogP contribution is -2.33. The second-order valence-corrected chi connectivity index (χ2v) is 4.14. The Bertz CT molecular complexity index is 457. The fraction of sp³-hybridized carbons (Fsp3) is 0.636. The van der Waals surface area contributed by atoms with E-state index in [0.717, 1.165) is 6.42 Å². The van der Waals surface area contributed by atoms with Crippen LogP contribution in [0.2, 0.25) is 0 Å². The number of nitrogens with zero attached hydrogens (tertiary/aromatic N) is 3. The van der Waals surface area contributed by atoms with Crippen LogP contribution in [0.5, 0.6) is 0 Å². The number of nitrogens with two attached hydrogens (primary N) is 1. The van der Waals surface area contributed by atoms with Gasteiger partial charge in [0.05, 0.1) is 5.69 Å². The van der Waals surface area contributed by atoms with Crippen molar-refractivity contribution in [3.8, 4) is 0 Å². The molecule has 0 aromatic carbocycles. The summed E-state index contributed by atoms with van der Waals surface area (Å²) in [5.41, 5.74) is 5.67. The van der Waals surface area contributed by atoms with Crippen LogP contribution in [0.25, 0.3) is 0 Å². The number of carbonyl (C=O) groups is 2. The molecule has 1 unspecified atom stereocenters. The number of rotatable bonds is 7. The van der Waals surface area contributed by atoms with Gasteiger partial charge in [0.2, 0.25) is 5.91 Å². The summed E-state index contributed by atoms with van der Waals surface area (Å²) in [5.74, 6) is -1.39. The predicted molar refractivity (Wildman–Crippen MR) is 67.8 cm³/mol. The summed E-state index contributed by atoms with van der Waals surface area (Å²) in [6, 6.07) is -0.617. The quantitative estimate of drug-likeness (QED) is 0.617. The molecule has 0 aliphatic rings. The van der Waals surface area contributed by atoms with Crippen LogP contribution in [-0.2, 0) is 11.2 Å². The van der Waals surface area contributed by atoms with Gasteiger partial charge in [0.15, 0.2) is 5.69 Å². The summed E-state index contributed by atoms with van der Waals surface area (Å²) in [6.45, 7) is 4.42. The van der Waals surface area contributed by atoms with Crippen LogP contribution in [-0.4, -0.2) is 45.1 Å². The summed E-state index contributed by atoms with van der Waals surface area (Å²) in [4.78, 5) is 22.9. The maximum atomic E-state index is 11.9. The van der Waals surface area contributed by atoms with Gasteiger partial charge in [-0.15, -0.1) is 5.10 Å². The smallest absolute Gasteiger partial charge is 0.358 e. The zero-order chi connectivity index (χ0) is 14.4. The lowest BCUT2D eigenvalue weighted by molar-refractivity contribution is -0.124. The van der Waals surface area contributed by atoms with Gasteiger partial charge < -0.3 is 16.2 Å². The number of carbonyl (C=O) groups excluding carboxylic acids is 1. The monoisotopic (exact) mass is 269 g/mol. The maximum absolute atomic E-state index is 11.9. The average molecular weight is 269 g/mol. The van der Waals surface area contributed by atoms with Gasteiger partial charge in [0.25, 0.3) is 0 Å². The third kappa shape index (κ3) is 3.50. The molecule has 0 aliphatic carbocycles. The summed E-state index contributed by atoms with van der Waals surface area (Å²) in [6.07, 6.45) is 1.13. The molecule has 1 aromatic heterocycles. The van der Waals surface area contributed by atoms with Crippen molar-refractivity contribution in [3.05, 3.63) is 11.4 Å². The molecule has 8 heteroatoms. The van der Waals surface area contributed by atoms with E-state index in [1.807, 2.05) is 6.92 Å². The molecular weight excluding hydrogens is 250 g/mol. The zero-order valence-electron chi connectivity index (χ0n) is 11.1. The number of aromatic nitrogens is 3.